The average Bonchev–Trinajstić information content (AvgIpc) is 2.70. The van der Waals surface area contributed by atoms with Gasteiger partial charge in [0, 0.05) is 32.0 Å². The third-order valence-electron chi connectivity index (χ3n) is 3.91. The van der Waals surface area contributed by atoms with Crippen molar-refractivity contribution in [3.05, 3.63) is 64.1 Å². The lowest BCUT2D eigenvalue weighted by atomic mass is 10.2. The van der Waals surface area contributed by atoms with Gasteiger partial charge in [0.1, 0.15) is 12.4 Å². The molecule has 0 radical (unpaired) electrons. The van der Waals surface area contributed by atoms with Gasteiger partial charge in [-0.1, -0.05) is 12.1 Å². The molecule has 1 atom stereocenters. The second-order valence-corrected chi connectivity index (χ2v) is 6.30. The molecule has 0 saturated heterocycles. The molecule has 31 heavy (non-hydrogen) atoms. The van der Waals surface area contributed by atoms with Crippen molar-refractivity contribution in [2.24, 2.45) is 4.99 Å². The van der Waals surface area contributed by atoms with E-state index >= 15 is 0 Å². The lowest BCUT2D eigenvalue weighted by Crippen LogP contribution is -2.34. The number of aliphatic imine (C=N–C) groups is 1. The van der Waals surface area contributed by atoms with Crippen molar-refractivity contribution in [2.75, 3.05) is 27.4 Å². The van der Waals surface area contributed by atoms with Gasteiger partial charge in [0.2, 0.25) is 0 Å². The molecule has 1 aromatic heterocycles. The van der Waals surface area contributed by atoms with Crippen LogP contribution >= 0.6 is 0 Å². The Hall–Kier alpha value is -2.89. The Balaban J connectivity index is 2.10. The summed E-state index contributed by atoms with van der Waals surface area (Å²) >= 11 is 0. The van der Waals surface area contributed by atoms with Crippen molar-refractivity contribution < 1.29 is 32.2 Å². The summed E-state index contributed by atoms with van der Waals surface area (Å²) in [5, 5.41) is 0. The number of hydroxylamine groups is 1. The van der Waals surface area contributed by atoms with Crippen LogP contribution in [-0.4, -0.2) is 50.4 Å². The molecule has 1 heterocycles. The molecule has 2 aromatic rings. The predicted octanol–water partition coefficient (Wildman–Crippen LogP) is 2.70. The summed E-state index contributed by atoms with van der Waals surface area (Å²) in [5.74, 6) is 0.770. The van der Waals surface area contributed by atoms with Crippen molar-refractivity contribution in [1.29, 1.82) is 0 Å². The van der Waals surface area contributed by atoms with E-state index in [1.54, 1.807) is 19.2 Å². The van der Waals surface area contributed by atoms with Gasteiger partial charge in [-0.15, -0.1) is 13.2 Å². The lowest BCUT2D eigenvalue weighted by molar-refractivity contribution is -0.379. The Kier molecular flexibility index (Phi) is 9.03. The molecule has 1 N–H and O–H groups in total. The highest BCUT2D eigenvalue weighted by Crippen LogP contribution is 2.18. The number of aromatic nitrogens is 1. The monoisotopic (exact) mass is 443 g/mol. The van der Waals surface area contributed by atoms with Gasteiger partial charge in [0.05, 0.1) is 13.2 Å². The first-order valence-corrected chi connectivity index (χ1v) is 9.26. The molecule has 0 bridgehead atoms. The van der Waals surface area contributed by atoms with Crippen molar-refractivity contribution >= 4 is 5.84 Å². The minimum Gasteiger partial charge on any atom is -0.491 e. The van der Waals surface area contributed by atoms with Crippen LogP contribution in [0.4, 0.5) is 13.2 Å². The number of methoxy groups -OCH3 is 1. The standard InChI is InChI=1S/C20H24F3N3O5/c1-14(30-20(21,22)23)31-25-19(24-2)16-7-8-18(27)26(13-16)12-15-5-4-6-17(11-15)29-10-9-28-3/h4-8,11,13-14H,9-10,12H2,1-3H3,(H,24,25). The number of nitrogens with one attached hydrogen (secondary N) is 1. The smallest absolute Gasteiger partial charge is 0.491 e. The van der Waals surface area contributed by atoms with Gasteiger partial charge in [0.25, 0.3) is 5.56 Å². The van der Waals surface area contributed by atoms with Crippen LogP contribution in [0.25, 0.3) is 0 Å². The van der Waals surface area contributed by atoms with Crippen LogP contribution in [0.3, 0.4) is 0 Å². The zero-order chi connectivity index (χ0) is 22.9. The van der Waals surface area contributed by atoms with E-state index in [-0.39, 0.29) is 17.9 Å². The maximum Gasteiger partial charge on any atom is 0.524 e. The fraction of sp³-hybridized carbons (Fsp3) is 0.400. The van der Waals surface area contributed by atoms with Crippen LogP contribution in [0.15, 0.2) is 52.4 Å². The summed E-state index contributed by atoms with van der Waals surface area (Å²) in [7, 11) is 3.01. The molecule has 2 rings (SSSR count). The largest absolute Gasteiger partial charge is 0.524 e. The van der Waals surface area contributed by atoms with E-state index in [9.17, 15) is 18.0 Å². The summed E-state index contributed by atoms with van der Waals surface area (Å²) in [6.07, 6.45) is -4.92. The summed E-state index contributed by atoms with van der Waals surface area (Å²) in [4.78, 5) is 21.1. The molecule has 0 aliphatic carbocycles. The van der Waals surface area contributed by atoms with Crippen LogP contribution in [0, 0.1) is 0 Å². The molecule has 0 amide bonds. The number of benzene rings is 1. The molecular weight excluding hydrogens is 419 g/mol. The van der Waals surface area contributed by atoms with E-state index in [1.807, 2.05) is 12.1 Å². The molecule has 170 valence electrons. The van der Waals surface area contributed by atoms with E-state index in [0.717, 1.165) is 12.5 Å². The van der Waals surface area contributed by atoms with Gasteiger partial charge in [-0.3, -0.25) is 14.5 Å². The van der Waals surface area contributed by atoms with E-state index in [0.29, 0.717) is 24.5 Å². The number of amidine groups is 1. The summed E-state index contributed by atoms with van der Waals surface area (Å²) in [6.45, 7) is 2.18. The Bertz CT molecular complexity index is 931. The zero-order valence-electron chi connectivity index (χ0n) is 17.3. The molecule has 11 heteroatoms. The number of alkyl halides is 3. The fourth-order valence-electron chi connectivity index (χ4n) is 2.55. The van der Waals surface area contributed by atoms with Crippen molar-refractivity contribution in [1.82, 2.24) is 10.0 Å². The SMILES string of the molecule is CN=C(NOC(C)OC(F)(F)F)c1ccc(=O)n(Cc2cccc(OCCOC)c2)c1. The van der Waals surface area contributed by atoms with E-state index in [1.165, 1.54) is 29.9 Å². The highest BCUT2D eigenvalue weighted by Gasteiger charge is 2.32. The zero-order valence-corrected chi connectivity index (χ0v) is 17.3. The quantitative estimate of drug-likeness (QED) is 0.200. The second-order valence-electron chi connectivity index (χ2n) is 6.30. The van der Waals surface area contributed by atoms with Crippen LogP contribution in [0.5, 0.6) is 5.75 Å². The third-order valence-corrected chi connectivity index (χ3v) is 3.91. The van der Waals surface area contributed by atoms with E-state index in [4.69, 9.17) is 14.3 Å². The second kappa shape index (κ2) is 11.5. The maximum absolute atomic E-state index is 12.3. The van der Waals surface area contributed by atoms with Crippen molar-refractivity contribution in [3.63, 3.8) is 0 Å². The van der Waals surface area contributed by atoms with Crippen LogP contribution in [0.2, 0.25) is 0 Å². The number of pyridine rings is 1. The minimum absolute atomic E-state index is 0.128. The number of halogens is 3. The number of ether oxygens (including phenoxy) is 3. The molecule has 0 spiro atoms. The number of hydrogen-bond acceptors (Lipinski definition) is 6. The van der Waals surface area contributed by atoms with Gasteiger partial charge < -0.3 is 14.0 Å². The van der Waals surface area contributed by atoms with E-state index in [2.05, 4.69) is 15.2 Å². The Labute approximate surface area is 177 Å². The van der Waals surface area contributed by atoms with Crippen molar-refractivity contribution in [2.45, 2.75) is 26.1 Å². The molecular formula is C20H24F3N3O5. The first-order chi connectivity index (χ1) is 14.7. The highest BCUT2D eigenvalue weighted by molar-refractivity contribution is 5.97. The summed E-state index contributed by atoms with van der Waals surface area (Å²) < 4.78 is 52.4. The van der Waals surface area contributed by atoms with Crippen molar-refractivity contribution in [3.8, 4) is 5.75 Å². The molecule has 1 unspecified atom stereocenters. The molecule has 8 nitrogen and oxygen atoms in total. The molecule has 0 aliphatic heterocycles. The van der Waals surface area contributed by atoms with Gasteiger partial charge in [-0.05, 0) is 30.7 Å². The lowest BCUT2D eigenvalue weighted by Gasteiger charge is -2.17. The third kappa shape index (κ3) is 8.40. The first kappa shape index (κ1) is 24.4. The van der Waals surface area contributed by atoms with Crippen LogP contribution < -0.4 is 15.8 Å². The fourth-order valence-corrected chi connectivity index (χ4v) is 2.55. The van der Waals surface area contributed by atoms with E-state index < -0.39 is 12.7 Å². The number of rotatable bonds is 10. The molecule has 1 aromatic carbocycles. The van der Waals surface area contributed by atoms with Gasteiger partial charge in [0.15, 0.2) is 12.1 Å². The predicted molar refractivity (Wildman–Crippen MR) is 107 cm³/mol. The number of nitrogens with zero attached hydrogens (tertiary/aromatic N) is 2. The summed E-state index contributed by atoms with van der Waals surface area (Å²) in [5.41, 5.74) is 3.33. The van der Waals surface area contributed by atoms with Crippen LogP contribution in [-0.2, 0) is 20.9 Å². The Morgan fingerprint density at radius 1 is 1.23 bits per heavy atom. The Morgan fingerprint density at radius 2 is 2.00 bits per heavy atom. The molecule has 0 aliphatic rings. The normalized spacial score (nSPS) is 13.2. The maximum atomic E-state index is 12.3. The molecule has 0 saturated carbocycles. The molecule has 0 fully saturated rings. The average molecular weight is 443 g/mol. The van der Waals surface area contributed by atoms with Gasteiger partial charge in [-0.2, -0.15) is 0 Å². The van der Waals surface area contributed by atoms with Gasteiger partial charge in [-0.25, -0.2) is 10.3 Å². The van der Waals surface area contributed by atoms with Crippen LogP contribution in [0.1, 0.15) is 18.1 Å². The Morgan fingerprint density at radius 3 is 2.68 bits per heavy atom. The van der Waals surface area contributed by atoms with Gasteiger partial charge >= 0.3 is 6.36 Å². The summed E-state index contributed by atoms with van der Waals surface area (Å²) in [6, 6.07) is 10.1. The minimum atomic E-state index is -4.83. The number of hydrogen-bond donors (Lipinski definition) is 1. The first-order valence-electron chi connectivity index (χ1n) is 9.26. The topological polar surface area (TPSA) is 83.3 Å². The highest BCUT2D eigenvalue weighted by atomic mass is 19.4.